The smallest absolute Gasteiger partial charge is 0.323 e. The van der Waals surface area contributed by atoms with Crippen molar-refractivity contribution in [3.8, 4) is 17.0 Å². The first-order valence-corrected chi connectivity index (χ1v) is 11.0. The molecular formula is C24H25ClFN3O5. The zero-order valence-electron chi connectivity index (χ0n) is 18.6. The number of hydrogen-bond donors (Lipinski definition) is 3. The maximum atomic E-state index is 14.2. The number of carbonyl (C=O) groups excluding carboxylic acids is 2. The van der Waals surface area contributed by atoms with E-state index in [0.717, 1.165) is 11.6 Å². The van der Waals surface area contributed by atoms with Crippen LogP contribution in [0.1, 0.15) is 36.4 Å². The minimum atomic E-state index is -0.976. The number of esters is 1. The van der Waals surface area contributed by atoms with Crippen LogP contribution in [0.3, 0.4) is 0 Å². The molecular weight excluding hydrogens is 465 g/mol. The third-order valence-corrected chi connectivity index (χ3v) is 5.16. The molecule has 2 aromatic carbocycles. The summed E-state index contributed by atoms with van der Waals surface area (Å²) in [5.74, 6) is -2.22. The fraction of sp³-hybridized carbons (Fsp3) is 0.292. The lowest BCUT2D eigenvalue weighted by atomic mass is 9.97. The van der Waals surface area contributed by atoms with Gasteiger partial charge in [-0.05, 0) is 61.2 Å². The van der Waals surface area contributed by atoms with Crippen molar-refractivity contribution in [3.63, 3.8) is 0 Å². The van der Waals surface area contributed by atoms with Crippen molar-refractivity contribution in [2.75, 3.05) is 0 Å². The molecule has 1 heterocycles. The predicted molar refractivity (Wildman–Crippen MR) is 124 cm³/mol. The number of aromatic nitrogens is 1. The fourth-order valence-electron chi connectivity index (χ4n) is 3.37. The Balaban J connectivity index is 1.77. The number of carbonyl (C=O) groups is 2. The second-order valence-electron chi connectivity index (χ2n) is 8.07. The number of nitrogens with zero attached hydrogens (tertiary/aromatic N) is 1. The molecule has 180 valence electrons. The summed E-state index contributed by atoms with van der Waals surface area (Å²) in [6.07, 6.45) is 0.0673. The molecule has 34 heavy (non-hydrogen) atoms. The Hall–Kier alpha value is -3.43. The van der Waals surface area contributed by atoms with Crippen LogP contribution in [-0.2, 0) is 16.0 Å². The van der Waals surface area contributed by atoms with Crippen molar-refractivity contribution in [2.24, 2.45) is 5.73 Å². The van der Waals surface area contributed by atoms with Crippen molar-refractivity contribution in [1.29, 1.82) is 0 Å². The molecule has 3 rings (SSSR count). The normalized spacial score (nSPS) is 12.9. The minimum absolute atomic E-state index is 0.0854. The number of hydrogen-bond acceptors (Lipinski definition) is 7. The van der Waals surface area contributed by atoms with Crippen LogP contribution in [0.5, 0.6) is 5.88 Å². The van der Waals surface area contributed by atoms with Crippen LogP contribution < -0.4 is 11.1 Å². The summed E-state index contributed by atoms with van der Waals surface area (Å²) in [7, 11) is 0. The molecule has 0 radical (unpaired) electrons. The van der Waals surface area contributed by atoms with Gasteiger partial charge in [-0.1, -0.05) is 35.9 Å². The third kappa shape index (κ3) is 6.79. The van der Waals surface area contributed by atoms with E-state index >= 15 is 0 Å². The van der Waals surface area contributed by atoms with Gasteiger partial charge in [0, 0.05) is 16.6 Å². The van der Waals surface area contributed by atoms with Gasteiger partial charge in [-0.15, -0.1) is 0 Å². The van der Waals surface area contributed by atoms with Crippen LogP contribution in [0.15, 0.2) is 53.1 Å². The zero-order valence-corrected chi connectivity index (χ0v) is 19.4. The first kappa shape index (κ1) is 25.2. The molecule has 0 fully saturated rings. The molecule has 0 saturated carbocycles. The average molecular weight is 490 g/mol. The molecule has 0 saturated heterocycles. The van der Waals surface area contributed by atoms with Crippen LogP contribution in [0.25, 0.3) is 11.1 Å². The molecule has 1 amide bonds. The lowest BCUT2D eigenvalue weighted by Crippen LogP contribution is -2.44. The fourth-order valence-corrected chi connectivity index (χ4v) is 3.54. The van der Waals surface area contributed by atoms with E-state index in [4.69, 9.17) is 26.6 Å². The molecule has 3 aromatic rings. The molecule has 1 unspecified atom stereocenters. The molecule has 4 N–H and O–H groups in total. The van der Waals surface area contributed by atoms with E-state index in [2.05, 4.69) is 10.5 Å². The van der Waals surface area contributed by atoms with Gasteiger partial charge in [-0.25, -0.2) is 4.39 Å². The van der Waals surface area contributed by atoms with Crippen LogP contribution in [0.4, 0.5) is 4.39 Å². The predicted octanol–water partition coefficient (Wildman–Crippen LogP) is 3.85. The van der Waals surface area contributed by atoms with Crippen molar-refractivity contribution >= 4 is 23.5 Å². The van der Waals surface area contributed by atoms with Gasteiger partial charge < -0.3 is 25.4 Å². The number of nitrogens with two attached hydrogens (primary N) is 1. The lowest BCUT2D eigenvalue weighted by molar-refractivity contribution is -0.149. The molecule has 2 atom stereocenters. The van der Waals surface area contributed by atoms with Gasteiger partial charge in [-0.2, -0.15) is 0 Å². The third-order valence-electron chi connectivity index (χ3n) is 4.93. The van der Waals surface area contributed by atoms with Gasteiger partial charge in [0.25, 0.3) is 11.8 Å². The van der Waals surface area contributed by atoms with E-state index in [-0.39, 0.29) is 18.3 Å². The average Bonchev–Trinajstić information content (AvgIpc) is 3.22. The molecule has 0 aliphatic rings. The SMILES string of the molecule is CC(C)OC(=O)[C@H](N)CC(Cc1ccc(-c2cc(Cl)ccc2F)cc1)NC(=O)c1cc(O)no1. The molecule has 8 nitrogen and oxygen atoms in total. The van der Waals surface area contributed by atoms with Crippen LogP contribution >= 0.6 is 11.6 Å². The standard InChI is InChI=1S/C24H25ClFN3O5/c1-13(2)33-24(32)20(27)11-17(28-23(31)21-12-22(30)29-34-21)9-14-3-5-15(6-4-14)18-10-16(25)7-8-19(18)26/h3-8,10,12-13,17,20H,9,11,27H2,1-2H3,(H,28,31)(H,29,30)/t17?,20-/m1/s1. The van der Waals surface area contributed by atoms with Gasteiger partial charge in [-0.3, -0.25) is 9.59 Å². The highest BCUT2D eigenvalue weighted by Gasteiger charge is 2.25. The highest BCUT2D eigenvalue weighted by atomic mass is 35.5. The van der Waals surface area contributed by atoms with Crippen LogP contribution in [-0.4, -0.2) is 40.3 Å². The van der Waals surface area contributed by atoms with Gasteiger partial charge >= 0.3 is 5.97 Å². The Morgan fingerprint density at radius 3 is 2.53 bits per heavy atom. The Kier molecular flexibility index (Phi) is 8.25. The first-order chi connectivity index (χ1) is 16.1. The topological polar surface area (TPSA) is 128 Å². The lowest BCUT2D eigenvalue weighted by Gasteiger charge is -2.22. The maximum absolute atomic E-state index is 14.2. The second kappa shape index (κ2) is 11.1. The maximum Gasteiger partial charge on any atom is 0.323 e. The van der Waals surface area contributed by atoms with Gasteiger partial charge in [0.05, 0.1) is 12.2 Å². The van der Waals surface area contributed by atoms with Crippen molar-refractivity contribution in [2.45, 2.75) is 44.9 Å². The summed E-state index contributed by atoms with van der Waals surface area (Å²) in [6.45, 7) is 3.43. The molecule has 0 aliphatic heterocycles. The molecule has 1 aromatic heterocycles. The number of nitrogens with one attached hydrogen (secondary N) is 1. The van der Waals surface area contributed by atoms with Gasteiger partial charge in [0.1, 0.15) is 11.9 Å². The number of benzene rings is 2. The Morgan fingerprint density at radius 2 is 1.91 bits per heavy atom. The van der Waals surface area contributed by atoms with E-state index in [9.17, 15) is 19.1 Å². The summed E-state index contributed by atoms with van der Waals surface area (Å²) in [6, 6.07) is 10.9. The molecule has 0 bridgehead atoms. The number of rotatable bonds is 9. The molecule has 0 aliphatic carbocycles. The molecule has 0 spiro atoms. The summed E-state index contributed by atoms with van der Waals surface area (Å²) in [4.78, 5) is 24.7. The number of ether oxygens (including phenoxy) is 1. The largest absolute Gasteiger partial charge is 0.491 e. The Labute approximate surface area is 200 Å². The van der Waals surface area contributed by atoms with Crippen LogP contribution in [0.2, 0.25) is 5.02 Å². The minimum Gasteiger partial charge on any atom is -0.491 e. The summed E-state index contributed by atoms with van der Waals surface area (Å²) in [5, 5.41) is 15.8. The van der Waals surface area contributed by atoms with E-state index in [1.54, 1.807) is 44.2 Å². The van der Waals surface area contributed by atoms with Crippen molar-refractivity contribution in [1.82, 2.24) is 10.5 Å². The summed E-state index contributed by atoms with van der Waals surface area (Å²) < 4.78 is 24.1. The van der Waals surface area contributed by atoms with E-state index in [0.29, 0.717) is 22.6 Å². The van der Waals surface area contributed by atoms with E-state index in [1.165, 1.54) is 12.1 Å². The monoisotopic (exact) mass is 489 g/mol. The highest BCUT2D eigenvalue weighted by molar-refractivity contribution is 6.30. The van der Waals surface area contributed by atoms with Gasteiger partial charge in [0.15, 0.2) is 0 Å². The number of halogens is 2. The number of aromatic hydroxyl groups is 1. The zero-order chi connectivity index (χ0) is 24.8. The summed E-state index contributed by atoms with van der Waals surface area (Å²) >= 11 is 5.99. The van der Waals surface area contributed by atoms with Crippen molar-refractivity contribution in [3.05, 3.63) is 70.7 Å². The van der Waals surface area contributed by atoms with E-state index in [1.807, 2.05) is 0 Å². The highest BCUT2D eigenvalue weighted by Crippen LogP contribution is 2.26. The second-order valence-corrected chi connectivity index (χ2v) is 8.51. The van der Waals surface area contributed by atoms with E-state index < -0.39 is 35.7 Å². The Morgan fingerprint density at radius 1 is 1.21 bits per heavy atom. The Bertz CT molecular complexity index is 1150. The first-order valence-electron chi connectivity index (χ1n) is 10.6. The van der Waals surface area contributed by atoms with Crippen LogP contribution in [0, 0.1) is 5.82 Å². The quantitative estimate of drug-likeness (QED) is 0.389. The van der Waals surface area contributed by atoms with Crippen molar-refractivity contribution < 1.29 is 28.3 Å². The summed E-state index contributed by atoms with van der Waals surface area (Å²) in [5.41, 5.74) is 7.83. The molecule has 10 heteroatoms. The number of amides is 1. The van der Waals surface area contributed by atoms with Gasteiger partial charge in [0.2, 0.25) is 5.76 Å².